The largest absolute Gasteiger partial charge is 0.394 e. The molecule has 0 heterocycles. The van der Waals surface area contributed by atoms with Gasteiger partial charge in [-0.1, -0.05) is 0 Å². The molecule has 0 N–H and O–H groups in total. The van der Waals surface area contributed by atoms with Gasteiger partial charge in [-0.05, 0) is 19.2 Å². The molecule has 0 saturated heterocycles. The SMILES string of the molecule is [2H]C([2H])(OS(C)(=O)=O)C([2H])([2H])C1(C(F)(F)F)CC1. The zero-order valence-electron chi connectivity index (χ0n) is 11.2. The van der Waals surface area contributed by atoms with E-state index in [1.807, 2.05) is 0 Å². The molecule has 3 nitrogen and oxygen atoms in total. The third-order valence-electron chi connectivity index (χ3n) is 1.78. The highest BCUT2D eigenvalue weighted by Crippen LogP contribution is 2.59. The van der Waals surface area contributed by atoms with Crippen LogP contribution in [0.25, 0.3) is 0 Å². The molecule has 0 spiro atoms. The minimum absolute atomic E-state index is 0.439. The molecule has 0 atom stereocenters. The van der Waals surface area contributed by atoms with Crippen molar-refractivity contribution in [2.45, 2.75) is 25.4 Å². The molecule has 0 aromatic rings. The molecular formula is C7H11F3O3S. The van der Waals surface area contributed by atoms with Crippen LogP contribution in [-0.2, 0) is 14.3 Å². The first-order valence-electron chi connectivity index (χ1n) is 5.64. The van der Waals surface area contributed by atoms with Crippen LogP contribution in [0.5, 0.6) is 0 Å². The van der Waals surface area contributed by atoms with Crippen molar-refractivity contribution in [3.63, 3.8) is 0 Å². The Morgan fingerprint density at radius 3 is 2.29 bits per heavy atom. The van der Waals surface area contributed by atoms with Crippen LogP contribution < -0.4 is 0 Å². The predicted molar refractivity (Wildman–Crippen MR) is 43.1 cm³/mol. The second-order valence-electron chi connectivity index (χ2n) is 3.09. The van der Waals surface area contributed by atoms with E-state index >= 15 is 0 Å². The lowest BCUT2D eigenvalue weighted by Crippen LogP contribution is -2.26. The first-order valence-corrected chi connectivity index (χ1v) is 5.45. The summed E-state index contributed by atoms with van der Waals surface area (Å²) in [5.41, 5.74) is -2.89. The minimum Gasteiger partial charge on any atom is -0.270 e. The normalized spacial score (nSPS) is 27.1. The quantitative estimate of drug-likeness (QED) is 0.698. The summed E-state index contributed by atoms with van der Waals surface area (Å²) in [5.74, 6) is 0. The van der Waals surface area contributed by atoms with Gasteiger partial charge in [-0.25, -0.2) is 0 Å². The lowest BCUT2D eigenvalue weighted by atomic mass is 10.0. The highest BCUT2D eigenvalue weighted by molar-refractivity contribution is 7.85. The molecule has 1 fully saturated rings. The Hall–Kier alpha value is -0.300. The second-order valence-corrected chi connectivity index (χ2v) is 4.67. The first kappa shape index (κ1) is 7.05. The maximum absolute atomic E-state index is 12.7. The fourth-order valence-corrected chi connectivity index (χ4v) is 0.992. The topological polar surface area (TPSA) is 43.4 Å². The molecule has 0 aromatic heterocycles. The van der Waals surface area contributed by atoms with E-state index in [0.29, 0.717) is 6.26 Å². The van der Waals surface area contributed by atoms with Gasteiger partial charge in [0.05, 0.1) is 21.0 Å². The smallest absolute Gasteiger partial charge is 0.270 e. The molecule has 1 saturated carbocycles. The lowest BCUT2D eigenvalue weighted by Gasteiger charge is -2.18. The van der Waals surface area contributed by atoms with Gasteiger partial charge in [0.1, 0.15) is 0 Å². The van der Waals surface area contributed by atoms with Crippen molar-refractivity contribution < 1.29 is 31.3 Å². The molecule has 7 heteroatoms. The van der Waals surface area contributed by atoms with Gasteiger partial charge in [-0.15, -0.1) is 0 Å². The van der Waals surface area contributed by atoms with E-state index in [1.54, 1.807) is 0 Å². The maximum Gasteiger partial charge on any atom is 0.394 e. The van der Waals surface area contributed by atoms with Gasteiger partial charge in [0.2, 0.25) is 0 Å². The summed E-state index contributed by atoms with van der Waals surface area (Å²) in [6.07, 6.45) is -9.23. The molecule has 1 rings (SSSR count). The molecule has 0 radical (unpaired) electrons. The van der Waals surface area contributed by atoms with Gasteiger partial charge in [-0.3, -0.25) is 4.18 Å². The van der Waals surface area contributed by atoms with Crippen LogP contribution >= 0.6 is 0 Å². The van der Waals surface area contributed by atoms with Crippen LogP contribution in [0, 0.1) is 5.41 Å². The standard InChI is InChI=1S/C7H11F3O3S/c1-14(11,12)13-5-4-6(2-3-6)7(8,9)10/h2-5H2,1H3/i4D2,5D2. The van der Waals surface area contributed by atoms with E-state index in [0.717, 1.165) is 0 Å². The van der Waals surface area contributed by atoms with E-state index in [9.17, 15) is 21.6 Å². The average Bonchev–Trinajstić information content (AvgIpc) is 2.74. The van der Waals surface area contributed by atoms with E-state index in [4.69, 9.17) is 5.48 Å². The summed E-state index contributed by atoms with van der Waals surface area (Å²) in [6.45, 7) is -3.59. The fourth-order valence-electron chi connectivity index (χ4n) is 0.799. The minimum atomic E-state index is -4.97. The number of hydrogen-bond acceptors (Lipinski definition) is 3. The lowest BCUT2D eigenvalue weighted by molar-refractivity contribution is -0.190. The molecule has 0 amide bonds. The van der Waals surface area contributed by atoms with E-state index in [1.165, 1.54) is 0 Å². The zero-order chi connectivity index (χ0) is 14.6. The van der Waals surface area contributed by atoms with Gasteiger partial charge in [0.25, 0.3) is 10.1 Å². The Morgan fingerprint density at radius 2 is 2.00 bits per heavy atom. The molecule has 0 bridgehead atoms. The summed E-state index contributed by atoms with van der Waals surface area (Å²) >= 11 is 0. The van der Waals surface area contributed by atoms with Crippen LogP contribution in [0.4, 0.5) is 13.2 Å². The Bertz CT molecular complexity index is 441. The Kier molecular flexibility index (Phi) is 1.70. The average molecular weight is 236 g/mol. The first-order chi connectivity index (χ1) is 7.66. The predicted octanol–water partition coefficient (Wildman–Crippen LogP) is 1.70. The van der Waals surface area contributed by atoms with Crippen LogP contribution in [-0.4, -0.2) is 27.4 Å². The summed E-state index contributed by atoms with van der Waals surface area (Å²) in [4.78, 5) is 0. The Balaban J connectivity index is 3.15. The molecule has 14 heavy (non-hydrogen) atoms. The van der Waals surface area contributed by atoms with Crippen molar-refractivity contribution in [2.75, 3.05) is 12.8 Å². The van der Waals surface area contributed by atoms with Crippen LogP contribution in [0.2, 0.25) is 0 Å². The maximum atomic E-state index is 12.7. The van der Waals surface area contributed by atoms with Gasteiger partial charge < -0.3 is 0 Å². The number of hydrogen-bond donors (Lipinski definition) is 0. The van der Waals surface area contributed by atoms with Crippen LogP contribution in [0.1, 0.15) is 24.7 Å². The molecule has 1 aliphatic rings. The molecule has 0 aliphatic heterocycles. The highest BCUT2D eigenvalue weighted by Gasteiger charge is 2.62. The number of rotatable bonds is 4. The van der Waals surface area contributed by atoms with E-state index < -0.39 is 47.5 Å². The monoisotopic (exact) mass is 236 g/mol. The van der Waals surface area contributed by atoms with E-state index in [-0.39, 0.29) is 0 Å². The van der Waals surface area contributed by atoms with Gasteiger partial charge >= 0.3 is 6.18 Å². The van der Waals surface area contributed by atoms with Crippen molar-refractivity contribution in [1.29, 1.82) is 0 Å². The van der Waals surface area contributed by atoms with Gasteiger partial charge in [-0.2, -0.15) is 21.6 Å². The molecule has 0 aromatic carbocycles. The highest BCUT2D eigenvalue weighted by atomic mass is 32.2. The molecule has 84 valence electrons. The summed E-state index contributed by atoms with van der Waals surface area (Å²) in [7, 11) is -4.43. The summed E-state index contributed by atoms with van der Waals surface area (Å²) in [5, 5.41) is 0. The molecular weight excluding hydrogens is 221 g/mol. The Morgan fingerprint density at radius 1 is 1.50 bits per heavy atom. The van der Waals surface area contributed by atoms with Gasteiger partial charge in [0.15, 0.2) is 0 Å². The van der Waals surface area contributed by atoms with Crippen LogP contribution in [0.3, 0.4) is 0 Å². The second kappa shape index (κ2) is 3.37. The van der Waals surface area contributed by atoms with Crippen molar-refractivity contribution in [1.82, 2.24) is 0 Å². The van der Waals surface area contributed by atoms with Crippen molar-refractivity contribution in [2.24, 2.45) is 5.41 Å². The van der Waals surface area contributed by atoms with Crippen molar-refractivity contribution in [3.8, 4) is 0 Å². The molecule has 0 unspecified atom stereocenters. The Labute approximate surface area is 86.0 Å². The van der Waals surface area contributed by atoms with E-state index in [2.05, 4.69) is 4.18 Å². The number of halogens is 3. The summed E-state index contributed by atoms with van der Waals surface area (Å²) < 4.78 is 92.6. The van der Waals surface area contributed by atoms with Crippen molar-refractivity contribution in [3.05, 3.63) is 0 Å². The van der Waals surface area contributed by atoms with Crippen LogP contribution in [0.15, 0.2) is 0 Å². The summed E-state index contributed by atoms with van der Waals surface area (Å²) in [6, 6.07) is 0. The fraction of sp³-hybridized carbons (Fsp3) is 1.00. The number of alkyl halides is 3. The van der Waals surface area contributed by atoms with Gasteiger partial charge in [0, 0.05) is 2.74 Å². The molecule has 1 aliphatic carbocycles. The third-order valence-corrected chi connectivity index (χ3v) is 2.16. The third kappa shape index (κ3) is 2.84. The van der Waals surface area contributed by atoms with Crippen molar-refractivity contribution >= 4 is 10.1 Å². The zero-order valence-corrected chi connectivity index (χ0v) is 8.00.